The fourth-order valence-corrected chi connectivity index (χ4v) is 3.80. The number of carbonyl (C=O) groups excluding carboxylic acids is 1. The molecule has 38 heavy (non-hydrogen) atoms. The van der Waals surface area contributed by atoms with E-state index in [9.17, 15) is 9.90 Å². The zero-order chi connectivity index (χ0) is 28.2. The first-order chi connectivity index (χ1) is 17.9. The number of nitriles is 1. The Balaban J connectivity index is 0.000000415. The highest BCUT2D eigenvalue weighted by molar-refractivity contribution is 5.68. The molecule has 0 radical (unpaired) electrons. The molecule has 0 aliphatic carbocycles. The summed E-state index contributed by atoms with van der Waals surface area (Å²) in [6, 6.07) is 17.3. The van der Waals surface area contributed by atoms with Crippen LogP contribution in [0.25, 0.3) is 0 Å². The van der Waals surface area contributed by atoms with E-state index in [1.165, 1.54) is 5.56 Å². The van der Waals surface area contributed by atoms with Crippen molar-refractivity contribution in [2.24, 2.45) is 5.41 Å². The fraction of sp³-hybridized carbons (Fsp3) is 0.533. The number of aryl methyl sites for hydroxylation is 1. The quantitative estimate of drug-likeness (QED) is 0.394. The maximum absolute atomic E-state index is 12.2. The molecule has 8 nitrogen and oxygen atoms in total. The third kappa shape index (κ3) is 11.8. The van der Waals surface area contributed by atoms with E-state index in [0.29, 0.717) is 32.7 Å². The average Bonchev–Trinajstić information content (AvgIpc) is 3.30. The highest BCUT2D eigenvalue weighted by atomic mass is 16.7. The third-order valence-corrected chi connectivity index (χ3v) is 5.86. The van der Waals surface area contributed by atoms with Gasteiger partial charge in [0.15, 0.2) is 11.5 Å². The maximum Gasteiger partial charge on any atom is 0.407 e. The number of nitrogens with one attached hydrogen (secondary N) is 2. The maximum atomic E-state index is 12.2. The number of hydrogen-bond acceptors (Lipinski definition) is 7. The molecule has 1 amide bonds. The summed E-state index contributed by atoms with van der Waals surface area (Å²) < 4.78 is 15.6. The molecule has 1 aliphatic rings. The van der Waals surface area contributed by atoms with E-state index >= 15 is 0 Å². The minimum absolute atomic E-state index is 0.0387. The number of amides is 1. The van der Waals surface area contributed by atoms with Crippen LogP contribution in [0.5, 0.6) is 11.5 Å². The van der Waals surface area contributed by atoms with Crippen molar-refractivity contribution in [1.29, 1.82) is 5.26 Å². The molecule has 208 valence electrons. The molecule has 3 rings (SSSR count). The summed E-state index contributed by atoms with van der Waals surface area (Å²) in [5.74, 6) is 1.71. The van der Waals surface area contributed by atoms with Crippen molar-refractivity contribution in [1.82, 2.24) is 10.6 Å². The fourth-order valence-electron chi connectivity index (χ4n) is 3.80. The lowest BCUT2D eigenvalue weighted by molar-refractivity contribution is 0.0420. The normalized spacial score (nSPS) is 13.9. The number of aliphatic hydroxyl groups is 1. The largest absolute Gasteiger partial charge is 0.454 e. The molecule has 3 N–H and O–H groups in total. The Morgan fingerprint density at radius 2 is 1.79 bits per heavy atom. The third-order valence-electron chi connectivity index (χ3n) is 5.86. The summed E-state index contributed by atoms with van der Waals surface area (Å²) in [6.45, 7) is 13.0. The summed E-state index contributed by atoms with van der Waals surface area (Å²) in [6.07, 6.45) is 0.478. The summed E-state index contributed by atoms with van der Waals surface area (Å²) >= 11 is 0. The topological polar surface area (TPSA) is 113 Å². The van der Waals surface area contributed by atoms with E-state index in [1.54, 1.807) is 20.8 Å². The molecular weight excluding hydrogens is 482 g/mol. The van der Waals surface area contributed by atoms with Crippen molar-refractivity contribution < 1.29 is 24.1 Å². The SMILES string of the molecule is CC(C)(CCC#N)CNC[C@@H](O)[C@H](Cc1ccccc1)NC(=O)OC(C)(C)C.Cc1ccc2c(c1)OCO2. The standard InChI is InChI=1S/C22H35N3O3.C8H8O2/c1-21(2,3)28-20(27)25-18(14-17-10-7-6-8-11-17)19(26)15-24-16-22(4,5)12-9-13-23;1-6-2-3-7-8(4-6)10-5-9-7/h6-8,10-11,18-19,24,26H,9,12,14-16H2,1-5H3,(H,25,27);2-4H,5H2,1H3/t18-,19+;/m0./s1. The molecule has 1 heterocycles. The van der Waals surface area contributed by atoms with Crippen LogP contribution < -0.4 is 20.1 Å². The minimum Gasteiger partial charge on any atom is -0.454 e. The second kappa shape index (κ2) is 14.6. The first-order valence-electron chi connectivity index (χ1n) is 13.0. The van der Waals surface area contributed by atoms with Crippen LogP contribution in [0.15, 0.2) is 48.5 Å². The Kier molecular flexibility index (Phi) is 11.9. The molecule has 0 spiro atoms. The number of rotatable bonds is 10. The minimum atomic E-state index is -0.778. The predicted octanol–water partition coefficient (Wildman–Crippen LogP) is 5.13. The van der Waals surface area contributed by atoms with Crippen molar-refractivity contribution in [2.45, 2.75) is 78.6 Å². The number of alkyl carbamates (subject to hydrolysis) is 1. The number of fused-ring (bicyclic) bond motifs is 1. The first-order valence-corrected chi connectivity index (χ1v) is 13.0. The summed E-state index contributed by atoms with van der Waals surface area (Å²) in [7, 11) is 0. The number of aliphatic hydroxyl groups excluding tert-OH is 1. The zero-order valence-electron chi connectivity index (χ0n) is 23.5. The smallest absolute Gasteiger partial charge is 0.407 e. The molecule has 1 aliphatic heterocycles. The van der Waals surface area contributed by atoms with Crippen molar-refractivity contribution in [2.75, 3.05) is 19.9 Å². The van der Waals surface area contributed by atoms with Gasteiger partial charge in [-0.3, -0.25) is 0 Å². The van der Waals surface area contributed by atoms with Crippen LogP contribution in [-0.2, 0) is 11.2 Å². The Hall–Kier alpha value is -3.28. The number of hydrogen-bond donors (Lipinski definition) is 3. The van der Waals surface area contributed by atoms with Gasteiger partial charge in [-0.2, -0.15) is 5.26 Å². The molecule has 2 atom stereocenters. The number of ether oxygens (including phenoxy) is 3. The van der Waals surface area contributed by atoms with Gasteiger partial charge in [-0.1, -0.05) is 50.2 Å². The van der Waals surface area contributed by atoms with Crippen molar-refractivity contribution in [3.05, 3.63) is 59.7 Å². The molecule has 2 aromatic carbocycles. The van der Waals surface area contributed by atoms with E-state index < -0.39 is 23.8 Å². The second-order valence-corrected chi connectivity index (χ2v) is 11.3. The van der Waals surface area contributed by atoms with E-state index in [4.69, 9.17) is 19.5 Å². The summed E-state index contributed by atoms with van der Waals surface area (Å²) in [4.78, 5) is 12.2. The van der Waals surface area contributed by atoms with Gasteiger partial charge in [-0.15, -0.1) is 0 Å². The number of benzene rings is 2. The second-order valence-electron chi connectivity index (χ2n) is 11.3. The van der Waals surface area contributed by atoms with Gasteiger partial charge in [-0.25, -0.2) is 4.79 Å². The van der Waals surface area contributed by atoms with Crippen LogP contribution >= 0.6 is 0 Å². The highest BCUT2D eigenvalue weighted by Gasteiger charge is 2.26. The number of carbonyl (C=O) groups is 1. The van der Waals surface area contributed by atoms with Crippen LogP contribution in [0.1, 0.15) is 58.6 Å². The first kappa shape index (κ1) is 30.9. The molecule has 0 fully saturated rings. The Morgan fingerprint density at radius 3 is 2.45 bits per heavy atom. The molecule has 0 saturated heterocycles. The van der Waals surface area contributed by atoms with Gasteiger partial charge in [0.05, 0.1) is 18.2 Å². The lowest BCUT2D eigenvalue weighted by atomic mass is 9.88. The van der Waals surface area contributed by atoms with Gasteiger partial charge in [0.1, 0.15) is 5.60 Å². The molecule has 0 bridgehead atoms. The van der Waals surface area contributed by atoms with E-state index in [1.807, 2.05) is 55.5 Å². The van der Waals surface area contributed by atoms with Crippen molar-refractivity contribution in [3.63, 3.8) is 0 Å². The van der Waals surface area contributed by atoms with Gasteiger partial charge < -0.3 is 30.0 Å². The Bertz CT molecular complexity index is 1040. The predicted molar refractivity (Wildman–Crippen MR) is 148 cm³/mol. The monoisotopic (exact) mass is 525 g/mol. The van der Waals surface area contributed by atoms with Crippen LogP contribution in [0, 0.1) is 23.7 Å². The highest BCUT2D eigenvalue weighted by Crippen LogP contribution is 2.32. The molecule has 0 aromatic heterocycles. The van der Waals surface area contributed by atoms with Crippen LogP contribution in [0.2, 0.25) is 0 Å². The van der Waals surface area contributed by atoms with Gasteiger partial charge in [0.25, 0.3) is 0 Å². The lowest BCUT2D eigenvalue weighted by Crippen LogP contribution is -2.50. The van der Waals surface area contributed by atoms with E-state index in [0.717, 1.165) is 23.5 Å². The van der Waals surface area contributed by atoms with Gasteiger partial charge in [0, 0.05) is 19.5 Å². The summed E-state index contributed by atoms with van der Waals surface area (Å²) in [5.41, 5.74) is 1.58. The van der Waals surface area contributed by atoms with E-state index in [2.05, 4.69) is 30.6 Å². The Labute approximate surface area is 227 Å². The molecular formula is C30H43N3O5. The van der Waals surface area contributed by atoms with E-state index in [-0.39, 0.29) is 5.41 Å². The molecule has 0 unspecified atom stereocenters. The summed E-state index contributed by atoms with van der Waals surface area (Å²) in [5, 5.41) is 25.5. The van der Waals surface area contributed by atoms with Gasteiger partial charge in [-0.05, 0) is 69.2 Å². The van der Waals surface area contributed by atoms with Gasteiger partial charge in [0.2, 0.25) is 6.79 Å². The van der Waals surface area contributed by atoms with Crippen molar-refractivity contribution >= 4 is 6.09 Å². The van der Waals surface area contributed by atoms with Crippen LogP contribution in [0.3, 0.4) is 0 Å². The van der Waals surface area contributed by atoms with Gasteiger partial charge >= 0.3 is 6.09 Å². The molecule has 8 heteroatoms. The zero-order valence-corrected chi connectivity index (χ0v) is 23.5. The number of nitrogens with zero attached hydrogens (tertiary/aromatic N) is 1. The van der Waals surface area contributed by atoms with Crippen LogP contribution in [0.4, 0.5) is 4.79 Å². The Morgan fingerprint density at radius 1 is 1.11 bits per heavy atom. The van der Waals surface area contributed by atoms with Crippen molar-refractivity contribution in [3.8, 4) is 17.6 Å². The molecule has 0 saturated carbocycles. The van der Waals surface area contributed by atoms with Crippen LogP contribution in [-0.4, -0.2) is 48.8 Å². The average molecular weight is 526 g/mol. The molecule has 2 aromatic rings. The lowest BCUT2D eigenvalue weighted by Gasteiger charge is -2.29.